The Labute approximate surface area is 164 Å². The van der Waals surface area contributed by atoms with Gasteiger partial charge in [-0.3, -0.25) is 9.36 Å². The highest BCUT2D eigenvalue weighted by Gasteiger charge is 2.19. The fourth-order valence-corrected chi connectivity index (χ4v) is 3.39. The number of carbonyl (C=O) groups is 1. The second-order valence-corrected chi connectivity index (χ2v) is 7.64. The lowest BCUT2D eigenvalue weighted by Crippen LogP contribution is -2.22. The highest BCUT2D eigenvalue weighted by atomic mass is 79.9. The molecule has 6 nitrogen and oxygen atoms in total. The normalized spacial score (nSPS) is 11.8. The highest BCUT2D eigenvalue weighted by molar-refractivity contribution is 9.10. The number of anilines is 1. The van der Waals surface area contributed by atoms with Crippen molar-refractivity contribution in [3.05, 3.63) is 59.3 Å². The maximum absolute atomic E-state index is 12.5. The average molecular weight is 433 g/mol. The summed E-state index contributed by atoms with van der Waals surface area (Å²) in [6.45, 7) is 1.83. The van der Waals surface area contributed by atoms with Crippen LogP contribution in [0.25, 0.3) is 5.69 Å². The monoisotopic (exact) mass is 432 g/mol. The molecule has 0 spiro atoms. The molecule has 8 heteroatoms. The summed E-state index contributed by atoms with van der Waals surface area (Å²) in [7, 11) is 1.62. The molecule has 1 amide bonds. The maximum Gasteiger partial charge on any atom is 0.237 e. The molecule has 0 saturated heterocycles. The molecule has 2 aromatic carbocycles. The summed E-state index contributed by atoms with van der Waals surface area (Å²) < 4.78 is 8.17. The van der Waals surface area contributed by atoms with Crippen LogP contribution in [-0.2, 0) is 4.79 Å². The van der Waals surface area contributed by atoms with Crippen LogP contribution in [0.2, 0.25) is 0 Å². The van der Waals surface area contributed by atoms with E-state index in [-0.39, 0.29) is 11.2 Å². The topological polar surface area (TPSA) is 69.0 Å². The molecule has 0 fully saturated rings. The van der Waals surface area contributed by atoms with Gasteiger partial charge < -0.3 is 10.1 Å². The second kappa shape index (κ2) is 8.37. The van der Waals surface area contributed by atoms with Gasteiger partial charge in [-0.15, -0.1) is 10.2 Å². The van der Waals surface area contributed by atoms with Crippen molar-refractivity contribution in [3.8, 4) is 11.4 Å². The number of benzene rings is 2. The molecule has 26 heavy (non-hydrogen) atoms. The minimum absolute atomic E-state index is 0.105. The number of hydrogen-bond donors (Lipinski definition) is 1. The minimum Gasteiger partial charge on any atom is -0.495 e. The first kappa shape index (κ1) is 18.5. The number of thioether (sulfide) groups is 1. The molecule has 3 aromatic rings. The van der Waals surface area contributed by atoms with Gasteiger partial charge in [-0.2, -0.15) is 0 Å². The number of carbonyl (C=O) groups excluding carboxylic acids is 1. The number of rotatable bonds is 6. The third-order valence-corrected chi connectivity index (χ3v) is 5.21. The molecule has 0 aliphatic heterocycles. The lowest BCUT2D eigenvalue weighted by molar-refractivity contribution is -0.115. The second-order valence-electron chi connectivity index (χ2n) is 5.41. The Kier molecular flexibility index (Phi) is 5.95. The van der Waals surface area contributed by atoms with Crippen LogP contribution in [0, 0.1) is 0 Å². The van der Waals surface area contributed by atoms with Gasteiger partial charge in [0.15, 0.2) is 5.16 Å². The van der Waals surface area contributed by atoms with Gasteiger partial charge in [-0.25, -0.2) is 0 Å². The molecule has 0 bridgehead atoms. The molecule has 0 aliphatic rings. The van der Waals surface area contributed by atoms with Gasteiger partial charge in [0.05, 0.1) is 18.0 Å². The number of halogens is 1. The number of methoxy groups -OCH3 is 1. The molecular weight excluding hydrogens is 416 g/mol. The van der Waals surface area contributed by atoms with Gasteiger partial charge in [-0.05, 0) is 43.3 Å². The van der Waals surface area contributed by atoms with Crippen LogP contribution in [0.15, 0.2) is 64.5 Å². The van der Waals surface area contributed by atoms with Gasteiger partial charge in [0.1, 0.15) is 12.1 Å². The van der Waals surface area contributed by atoms with E-state index in [2.05, 4.69) is 31.4 Å². The highest BCUT2D eigenvalue weighted by Crippen LogP contribution is 2.29. The Bertz CT molecular complexity index is 898. The Morgan fingerprint density at radius 1 is 1.23 bits per heavy atom. The van der Waals surface area contributed by atoms with Crippen LogP contribution in [0.4, 0.5) is 5.69 Å². The summed E-state index contributed by atoms with van der Waals surface area (Å²) >= 11 is 4.71. The van der Waals surface area contributed by atoms with Crippen molar-refractivity contribution < 1.29 is 9.53 Å². The SMILES string of the molecule is COc1ccccc1-n1cnnc1S[C@@H](C)C(=O)Nc1ccc(Br)cc1. The summed E-state index contributed by atoms with van der Waals surface area (Å²) in [5, 5.41) is 11.3. The minimum atomic E-state index is -0.351. The average Bonchev–Trinajstić information content (AvgIpc) is 3.11. The van der Waals surface area contributed by atoms with E-state index in [1.807, 2.05) is 60.0 Å². The third-order valence-electron chi connectivity index (χ3n) is 3.62. The summed E-state index contributed by atoms with van der Waals surface area (Å²) in [5.41, 5.74) is 1.57. The molecule has 0 radical (unpaired) electrons. The molecule has 0 saturated carbocycles. The third kappa shape index (κ3) is 4.25. The van der Waals surface area contributed by atoms with Crippen LogP contribution in [0.5, 0.6) is 5.75 Å². The van der Waals surface area contributed by atoms with E-state index in [1.165, 1.54) is 11.8 Å². The smallest absolute Gasteiger partial charge is 0.237 e. The van der Waals surface area contributed by atoms with E-state index < -0.39 is 0 Å². The molecule has 1 atom stereocenters. The summed E-state index contributed by atoms with van der Waals surface area (Å²) in [6.07, 6.45) is 1.61. The zero-order chi connectivity index (χ0) is 18.5. The number of nitrogens with zero attached hydrogens (tertiary/aromatic N) is 3. The van der Waals surface area contributed by atoms with Crippen molar-refractivity contribution in [2.24, 2.45) is 0 Å². The fourth-order valence-electron chi connectivity index (χ4n) is 2.29. The van der Waals surface area contributed by atoms with Crippen molar-refractivity contribution in [3.63, 3.8) is 0 Å². The van der Waals surface area contributed by atoms with Crippen molar-refractivity contribution in [1.29, 1.82) is 0 Å². The molecular formula is C18H17BrN4O2S. The number of hydrogen-bond acceptors (Lipinski definition) is 5. The lowest BCUT2D eigenvalue weighted by Gasteiger charge is -2.14. The van der Waals surface area contributed by atoms with Gasteiger partial charge in [-0.1, -0.05) is 39.8 Å². The first-order valence-corrected chi connectivity index (χ1v) is 9.52. The van der Waals surface area contributed by atoms with E-state index >= 15 is 0 Å². The summed E-state index contributed by atoms with van der Waals surface area (Å²) in [6, 6.07) is 15.0. The van der Waals surface area contributed by atoms with Gasteiger partial charge in [0, 0.05) is 10.2 Å². The quantitative estimate of drug-likeness (QED) is 0.592. The lowest BCUT2D eigenvalue weighted by atomic mass is 10.3. The molecule has 1 aromatic heterocycles. The molecule has 0 aliphatic carbocycles. The van der Waals surface area contributed by atoms with E-state index in [0.717, 1.165) is 15.8 Å². The van der Waals surface area contributed by atoms with Crippen molar-refractivity contribution >= 4 is 39.3 Å². The summed E-state index contributed by atoms with van der Waals surface area (Å²) in [4.78, 5) is 12.5. The number of nitrogens with one attached hydrogen (secondary N) is 1. The van der Waals surface area contributed by atoms with Crippen molar-refractivity contribution in [2.45, 2.75) is 17.3 Å². The number of aromatic nitrogens is 3. The number of ether oxygens (including phenoxy) is 1. The van der Waals surface area contributed by atoms with Crippen LogP contribution in [-0.4, -0.2) is 33.0 Å². The fraction of sp³-hybridized carbons (Fsp3) is 0.167. The van der Waals surface area contributed by atoms with E-state index in [0.29, 0.717) is 10.9 Å². The Balaban J connectivity index is 1.74. The Morgan fingerprint density at radius 3 is 2.69 bits per heavy atom. The van der Waals surface area contributed by atoms with Gasteiger partial charge in [0.25, 0.3) is 0 Å². The van der Waals surface area contributed by atoms with Gasteiger partial charge in [0.2, 0.25) is 5.91 Å². The van der Waals surface area contributed by atoms with Crippen LogP contribution in [0.1, 0.15) is 6.92 Å². The standard InChI is InChI=1S/C18H17BrN4O2S/c1-12(17(24)21-14-9-7-13(19)8-10-14)26-18-22-20-11-23(18)15-5-3-4-6-16(15)25-2/h3-12H,1-2H3,(H,21,24)/t12-/m0/s1. The van der Waals surface area contributed by atoms with E-state index in [9.17, 15) is 4.79 Å². The van der Waals surface area contributed by atoms with Gasteiger partial charge >= 0.3 is 0 Å². The van der Waals surface area contributed by atoms with E-state index in [4.69, 9.17) is 4.74 Å². The molecule has 134 valence electrons. The first-order chi connectivity index (χ1) is 12.6. The molecule has 1 N–H and O–H groups in total. The Morgan fingerprint density at radius 2 is 1.96 bits per heavy atom. The zero-order valence-electron chi connectivity index (χ0n) is 14.2. The number of para-hydroxylation sites is 2. The van der Waals surface area contributed by atoms with E-state index in [1.54, 1.807) is 13.4 Å². The largest absolute Gasteiger partial charge is 0.495 e. The Hall–Kier alpha value is -2.32. The number of amides is 1. The molecule has 1 heterocycles. The molecule has 3 rings (SSSR count). The zero-order valence-corrected chi connectivity index (χ0v) is 16.6. The predicted molar refractivity (Wildman–Crippen MR) is 106 cm³/mol. The van der Waals surface area contributed by atoms with Crippen molar-refractivity contribution in [1.82, 2.24) is 14.8 Å². The van der Waals surface area contributed by atoms with Crippen LogP contribution in [0.3, 0.4) is 0 Å². The first-order valence-electron chi connectivity index (χ1n) is 7.85. The predicted octanol–water partition coefficient (Wildman–Crippen LogP) is 4.16. The maximum atomic E-state index is 12.5. The summed E-state index contributed by atoms with van der Waals surface area (Å²) in [5.74, 6) is 0.605. The van der Waals surface area contributed by atoms with Crippen LogP contribution >= 0.6 is 27.7 Å². The van der Waals surface area contributed by atoms with Crippen molar-refractivity contribution in [2.75, 3.05) is 12.4 Å². The van der Waals surface area contributed by atoms with Crippen LogP contribution < -0.4 is 10.1 Å². The molecule has 0 unspecified atom stereocenters.